The summed E-state index contributed by atoms with van der Waals surface area (Å²) in [5, 5.41) is 5.27. The van der Waals surface area contributed by atoms with Crippen LogP contribution in [-0.2, 0) is 5.41 Å². The molecule has 0 radical (unpaired) electrons. The Morgan fingerprint density at radius 3 is 1.70 bits per heavy atom. The Morgan fingerprint density at radius 1 is 0.442 bits per heavy atom. The fourth-order valence-corrected chi connectivity index (χ4v) is 7.48. The predicted octanol–water partition coefficient (Wildman–Crippen LogP) is 9.55. The molecule has 0 spiro atoms. The molecule has 0 N–H and O–H groups in total. The van der Waals surface area contributed by atoms with Crippen LogP contribution in [0.2, 0.25) is 0 Å². The van der Waals surface area contributed by atoms with Crippen LogP contribution in [0.25, 0.3) is 66.0 Å². The van der Waals surface area contributed by atoms with Gasteiger partial charge in [-0.3, -0.25) is 9.36 Å². The van der Waals surface area contributed by atoms with Crippen molar-refractivity contribution in [2.75, 3.05) is 0 Å². The second-order valence-electron chi connectivity index (χ2n) is 12.2. The van der Waals surface area contributed by atoms with Crippen LogP contribution >= 0.6 is 0 Å². The van der Waals surface area contributed by atoms with Crippen LogP contribution in [0.3, 0.4) is 0 Å². The van der Waals surface area contributed by atoms with Crippen molar-refractivity contribution < 1.29 is 0 Å². The third-order valence-corrected chi connectivity index (χ3v) is 9.54. The second kappa shape index (κ2) is 8.56. The lowest BCUT2D eigenvalue weighted by molar-refractivity contribution is 0.661. The number of nitrogens with zero attached hydrogens (tertiary/aromatic N) is 2. The number of hydrogen-bond donors (Lipinski definition) is 0. The molecule has 204 valence electrons. The van der Waals surface area contributed by atoms with E-state index in [2.05, 4.69) is 109 Å². The minimum atomic E-state index is -0.0798. The molecule has 43 heavy (non-hydrogen) atoms. The number of fused-ring (bicyclic) bond motifs is 9. The first-order valence-corrected chi connectivity index (χ1v) is 14.8. The van der Waals surface area contributed by atoms with Gasteiger partial charge in [0.15, 0.2) is 0 Å². The van der Waals surface area contributed by atoms with E-state index in [1.807, 2.05) is 47.0 Å². The topological polar surface area (TPSA) is 26.9 Å². The minimum Gasteiger partial charge on any atom is -0.309 e. The summed E-state index contributed by atoms with van der Waals surface area (Å²) in [6.07, 6.45) is 0. The average molecular weight is 553 g/mol. The first kappa shape index (κ1) is 24.2. The van der Waals surface area contributed by atoms with Crippen molar-refractivity contribution in [3.05, 3.63) is 155 Å². The Labute approximate surface area is 248 Å². The highest BCUT2D eigenvalue weighted by Crippen LogP contribution is 2.50. The largest absolute Gasteiger partial charge is 0.309 e. The molecule has 9 rings (SSSR count). The molecule has 0 saturated heterocycles. The molecule has 2 heterocycles. The van der Waals surface area contributed by atoms with Crippen LogP contribution in [0, 0.1) is 0 Å². The van der Waals surface area contributed by atoms with Crippen LogP contribution in [0.1, 0.15) is 25.0 Å². The Morgan fingerprint density at radius 2 is 0.977 bits per heavy atom. The van der Waals surface area contributed by atoms with Crippen molar-refractivity contribution in [2.24, 2.45) is 0 Å². The molecule has 1 aliphatic carbocycles. The van der Waals surface area contributed by atoms with E-state index in [9.17, 15) is 4.79 Å². The van der Waals surface area contributed by atoms with Gasteiger partial charge >= 0.3 is 0 Å². The third kappa shape index (κ3) is 3.22. The molecule has 0 saturated carbocycles. The van der Waals surface area contributed by atoms with Gasteiger partial charge in [0, 0.05) is 38.3 Å². The summed E-state index contributed by atoms with van der Waals surface area (Å²) in [6.45, 7) is 4.66. The predicted molar refractivity (Wildman–Crippen MR) is 179 cm³/mol. The molecule has 0 atom stereocenters. The van der Waals surface area contributed by atoms with Gasteiger partial charge < -0.3 is 4.57 Å². The minimum absolute atomic E-state index is 0.00345. The number of pyridine rings is 1. The maximum absolute atomic E-state index is 13.8. The average Bonchev–Trinajstić information content (AvgIpc) is 3.49. The molecule has 1 aliphatic rings. The molecule has 3 heteroatoms. The van der Waals surface area contributed by atoms with Crippen molar-refractivity contribution in [3.63, 3.8) is 0 Å². The highest BCUT2D eigenvalue weighted by atomic mass is 16.1. The zero-order valence-electron chi connectivity index (χ0n) is 24.0. The van der Waals surface area contributed by atoms with Gasteiger partial charge in [0.2, 0.25) is 0 Å². The Bertz CT molecular complexity index is 2490. The Kier molecular flexibility index (Phi) is 4.82. The molecule has 3 nitrogen and oxygen atoms in total. The van der Waals surface area contributed by atoms with Crippen LogP contribution in [0.15, 0.2) is 138 Å². The fraction of sp³-hybridized carbons (Fsp3) is 0.0750. The van der Waals surface area contributed by atoms with Gasteiger partial charge in [0.25, 0.3) is 5.56 Å². The lowest BCUT2D eigenvalue weighted by Crippen LogP contribution is -2.19. The normalized spacial score (nSPS) is 13.6. The fourth-order valence-electron chi connectivity index (χ4n) is 7.48. The van der Waals surface area contributed by atoms with Gasteiger partial charge in [-0.1, -0.05) is 92.7 Å². The molecule has 0 amide bonds. The van der Waals surface area contributed by atoms with Crippen molar-refractivity contribution >= 4 is 43.5 Å². The van der Waals surface area contributed by atoms with Crippen LogP contribution < -0.4 is 5.56 Å². The molecule has 8 aromatic rings. The van der Waals surface area contributed by atoms with Crippen molar-refractivity contribution in [1.29, 1.82) is 0 Å². The van der Waals surface area contributed by atoms with E-state index < -0.39 is 0 Å². The summed E-state index contributed by atoms with van der Waals surface area (Å²) in [6, 6.07) is 46.7. The molecule has 0 fully saturated rings. The molecule has 0 aliphatic heterocycles. The van der Waals surface area contributed by atoms with Gasteiger partial charge in [-0.15, -0.1) is 0 Å². The summed E-state index contributed by atoms with van der Waals surface area (Å²) in [5.41, 5.74) is 10.5. The van der Waals surface area contributed by atoms with Gasteiger partial charge in [-0.2, -0.15) is 0 Å². The first-order chi connectivity index (χ1) is 21.0. The quantitative estimate of drug-likeness (QED) is 0.196. The van der Waals surface area contributed by atoms with E-state index in [1.165, 1.54) is 44.1 Å². The third-order valence-electron chi connectivity index (χ3n) is 9.54. The summed E-state index contributed by atoms with van der Waals surface area (Å²) < 4.78 is 4.22. The van der Waals surface area contributed by atoms with Crippen molar-refractivity contribution in [3.8, 4) is 22.5 Å². The number of aromatic nitrogens is 2. The summed E-state index contributed by atoms with van der Waals surface area (Å²) in [7, 11) is 0. The Hall–Kier alpha value is -5.41. The maximum Gasteiger partial charge on any atom is 0.263 e. The highest BCUT2D eigenvalue weighted by Gasteiger charge is 2.36. The smallest absolute Gasteiger partial charge is 0.263 e. The SMILES string of the molecule is CC1(C)c2ccccc2-c2cc3c4ccccc4n(-c4ccc(-n5c(=O)c6ccccc6c6ccccc65)cc4)c3cc21. The molecule has 2 aromatic heterocycles. The zero-order chi connectivity index (χ0) is 28.9. The number of hydrogen-bond acceptors (Lipinski definition) is 1. The van der Waals surface area contributed by atoms with Crippen molar-refractivity contribution in [1.82, 2.24) is 9.13 Å². The molecular weight excluding hydrogens is 524 g/mol. The molecular formula is C40H28N2O. The Balaban J connectivity index is 1.28. The van der Waals surface area contributed by atoms with E-state index in [4.69, 9.17) is 0 Å². The number of para-hydroxylation sites is 2. The number of benzene rings is 6. The zero-order valence-corrected chi connectivity index (χ0v) is 24.0. The highest BCUT2D eigenvalue weighted by molar-refractivity contribution is 6.11. The van der Waals surface area contributed by atoms with Gasteiger partial charge in [-0.05, 0) is 82.2 Å². The van der Waals surface area contributed by atoms with Crippen LogP contribution in [0.4, 0.5) is 0 Å². The molecule has 6 aromatic carbocycles. The second-order valence-corrected chi connectivity index (χ2v) is 12.2. The van der Waals surface area contributed by atoms with Gasteiger partial charge in [0.05, 0.1) is 16.6 Å². The number of rotatable bonds is 2. The lowest BCUT2D eigenvalue weighted by Gasteiger charge is -2.21. The standard InChI is InChI=1S/C40H28N2O/c1-40(2)34-16-8-5-12-28(34)32-23-33-30-14-7-9-17-36(30)41(38(33)24-35(32)40)25-19-21-26(22-20-25)42-37-18-10-6-13-29(37)27-11-3-4-15-31(27)39(42)43/h3-24H,1-2H3. The van der Waals surface area contributed by atoms with E-state index >= 15 is 0 Å². The van der Waals surface area contributed by atoms with Crippen molar-refractivity contribution in [2.45, 2.75) is 19.3 Å². The lowest BCUT2D eigenvalue weighted by atomic mass is 9.82. The van der Waals surface area contributed by atoms with E-state index in [1.54, 1.807) is 0 Å². The summed E-state index contributed by atoms with van der Waals surface area (Å²) >= 11 is 0. The van der Waals surface area contributed by atoms with Crippen LogP contribution in [-0.4, -0.2) is 9.13 Å². The maximum atomic E-state index is 13.8. The van der Waals surface area contributed by atoms with E-state index in [0.717, 1.165) is 33.1 Å². The molecule has 0 bridgehead atoms. The van der Waals surface area contributed by atoms with Gasteiger partial charge in [0.1, 0.15) is 0 Å². The van der Waals surface area contributed by atoms with E-state index in [-0.39, 0.29) is 11.0 Å². The monoisotopic (exact) mass is 552 g/mol. The van der Waals surface area contributed by atoms with Gasteiger partial charge in [-0.25, -0.2) is 0 Å². The van der Waals surface area contributed by atoms with E-state index in [0.29, 0.717) is 0 Å². The van der Waals surface area contributed by atoms with Crippen LogP contribution in [0.5, 0.6) is 0 Å². The summed E-state index contributed by atoms with van der Waals surface area (Å²) in [4.78, 5) is 13.8. The summed E-state index contributed by atoms with van der Waals surface area (Å²) in [5.74, 6) is 0. The first-order valence-electron chi connectivity index (χ1n) is 14.8. The molecule has 0 unspecified atom stereocenters.